The molecule has 0 bridgehead atoms. The van der Waals surface area contributed by atoms with E-state index in [9.17, 15) is 29.4 Å². The smallest absolute Gasteiger partial charge is 0.407 e. The van der Waals surface area contributed by atoms with Crippen molar-refractivity contribution in [1.82, 2.24) is 10.6 Å². The van der Waals surface area contributed by atoms with Crippen LogP contribution in [0.5, 0.6) is 0 Å². The minimum Gasteiger partial charge on any atom is -0.480 e. The van der Waals surface area contributed by atoms with Gasteiger partial charge in [0.05, 0.1) is 0 Å². The Balaban J connectivity index is 0.957. The zero-order valence-corrected chi connectivity index (χ0v) is 27.2. The highest BCUT2D eigenvalue weighted by Gasteiger charge is 2.31. The number of amides is 2. The van der Waals surface area contributed by atoms with Crippen molar-refractivity contribution in [1.29, 1.82) is 0 Å². The van der Waals surface area contributed by atoms with Crippen molar-refractivity contribution in [3.8, 4) is 22.3 Å². The van der Waals surface area contributed by atoms with E-state index in [0.29, 0.717) is 0 Å². The first kappa shape index (κ1) is 33.0. The predicted molar refractivity (Wildman–Crippen MR) is 184 cm³/mol. The first-order chi connectivity index (χ1) is 23.3. The van der Waals surface area contributed by atoms with Gasteiger partial charge in [0.25, 0.3) is 0 Å². The molecule has 0 radical (unpaired) electrons. The minimum atomic E-state index is -1.28. The molecule has 2 aliphatic carbocycles. The molecule has 4 aromatic carbocycles. The summed E-state index contributed by atoms with van der Waals surface area (Å²) in [4.78, 5) is 49.0. The Morgan fingerprint density at radius 2 is 0.833 bits per heavy atom. The Labute approximate surface area is 284 Å². The summed E-state index contributed by atoms with van der Waals surface area (Å²) in [7, 11) is 2.12. The summed E-state index contributed by atoms with van der Waals surface area (Å²) < 4.78 is 10.9. The molecule has 0 aliphatic heterocycles. The SMILES string of the molecule is O=C(NC(CSSC[C@@H](NC(=O)OCC1c2ccccc2-c2ccccc21)C(=O)O)C(=O)O)OCC1c2ccccc2-c2ccccc21. The molecule has 246 valence electrons. The lowest BCUT2D eigenvalue weighted by atomic mass is 9.98. The van der Waals surface area contributed by atoms with Crippen LogP contribution in [0.3, 0.4) is 0 Å². The van der Waals surface area contributed by atoms with E-state index >= 15 is 0 Å². The van der Waals surface area contributed by atoms with Crippen LogP contribution in [0.4, 0.5) is 9.59 Å². The Morgan fingerprint density at radius 1 is 0.542 bits per heavy atom. The molecule has 0 aromatic heterocycles. The highest BCUT2D eigenvalue weighted by atomic mass is 33.1. The first-order valence-electron chi connectivity index (χ1n) is 15.2. The molecule has 0 saturated heterocycles. The van der Waals surface area contributed by atoms with Crippen molar-refractivity contribution in [3.63, 3.8) is 0 Å². The Morgan fingerprint density at radius 3 is 1.12 bits per heavy atom. The molecule has 0 heterocycles. The van der Waals surface area contributed by atoms with Gasteiger partial charge in [0, 0.05) is 23.3 Å². The van der Waals surface area contributed by atoms with Crippen LogP contribution in [0.2, 0.25) is 0 Å². The fourth-order valence-electron chi connectivity index (χ4n) is 6.15. The van der Waals surface area contributed by atoms with E-state index in [0.717, 1.165) is 66.1 Å². The van der Waals surface area contributed by atoms with Crippen molar-refractivity contribution < 1.29 is 38.9 Å². The number of carboxylic acid groups (broad SMARTS) is 2. The third-order valence-corrected chi connectivity index (χ3v) is 10.8. The molecule has 0 spiro atoms. The van der Waals surface area contributed by atoms with Crippen LogP contribution in [0.1, 0.15) is 34.1 Å². The van der Waals surface area contributed by atoms with E-state index in [1.165, 1.54) is 0 Å². The molecule has 2 amide bonds. The van der Waals surface area contributed by atoms with Crippen molar-refractivity contribution in [3.05, 3.63) is 119 Å². The minimum absolute atomic E-state index is 0.0376. The summed E-state index contributed by atoms with van der Waals surface area (Å²) in [6.45, 7) is 0.0752. The average Bonchev–Trinajstić information content (AvgIpc) is 3.59. The maximum atomic E-state index is 12.6. The highest BCUT2D eigenvalue weighted by molar-refractivity contribution is 8.76. The number of hydrogen-bond donors (Lipinski definition) is 4. The number of alkyl carbamates (subject to hydrolysis) is 2. The lowest BCUT2D eigenvalue weighted by Gasteiger charge is -2.18. The number of carboxylic acids is 2. The molecule has 2 atom stereocenters. The van der Waals surface area contributed by atoms with Gasteiger partial charge in [-0.25, -0.2) is 19.2 Å². The number of ether oxygens (including phenoxy) is 2. The van der Waals surface area contributed by atoms with E-state index in [1.54, 1.807) is 0 Å². The molecule has 1 unspecified atom stereocenters. The first-order valence-corrected chi connectivity index (χ1v) is 17.7. The molecule has 10 nitrogen and oxygen atoms in total. The Bertz CT molecular complexity index is 1630. The third-order valence-electron chi connectivity index (χ3n) is 8.42. The van der Waals surface area contributed by atoms with Crippen molar-refractivity contribution >= 4 is 45.7 Å². The largest absolute Gasteiger partial charge is 0.480 e. The van der Waals surface area contributed by atoms with Gasteiger partial charge in [0.1, 0.15) is 25.3 Å². The van der Waals surface area contributed by atoms with E-state index < -0.39 is 36.2 Å². The molecule has 12 heteroatoms. The van der Waals surface area contributed by atoms with Crippen LogP contribution in [-0.4, -0.2) is 71.1 Å². The number of carbonyl (C=O) groups excluding carboxylic acids is 2. The highest BCUT2D eigenvalue weighted by Crippen LogP contribution is 2.45. The number of benzene rings is 4. The summed E-state index contributed by atoms with van der Waals surface area (Å²) in [5, 5.41) is 24.2. The lowest BCUT2D eigenvalue weighted by Crippen LogP contribution is -2.43. The van der Waals surface area contributed by atoms with Crippen LogP contribution in [0, 0.1) is 0 Å². The zero-order chi connectivity index (χ0) is 33.6. The van der Waals surface area contributed by atoms with Gasteiger partial charge in [0.2, 0.25) is 0 Å². The molecule has 0 saturated carbocycles. The lowest BCUT2D eigenvalue weighted by molar-refractivity contribution is -0.139. The van der Waals surface area contributed by atoms with Gasteiger partial charge in [-0.05, 0) is 44.5 Å². The Kier molecular flexibility index (Phi) is 10.2. The standard InChI is InChI=1S/C36H32N2O8S2/c39-33(40)31(37-35(43)45-17-29-25-13-5-1-9-21(25)22-10-2-6-14-26(22)29)19-47-48-20-32(34(41)42)38-36(44)46-18-30-27-15-7-3-11-23(27)24-12-4-8-16-28(24)30/h1-16,29-32H,17-20H2,(H,37,43)(H,38,44)(H,39,40)(H,41,42)/t31-,32?/m1/s1. The summed E-state index contributed by atoms with van der Waals surface area (Å²) in [6.07, 6.45) is -1.73. The second-order valence-corrected chi connectivity index (χ2v) is 13.8. The second-order valence-electron chi connectivity index (χ2n) is 11.3. The van der Waals surface area contributed by atoms with Gasteiger partial charge in [-0.2, -0.15) is 0 Å². The van der Waals surface area contributed by atoms with E-state index in [2.05, 4.69) is 10.6 Å². The van der Waals surface area contributed by atoms with E-state index in [-0.39, 0.29) is 36.6 Å². The predicted octanol–water partition coefficient (Wildman–Crippen LogP) is 6.35. The number of carbonyl (C=O) groups is 4. The van der Waals surface area contributed by atoms with Crippen LogP contribution in [-0.2, 0) is 19.1 Å². The van der Waals surface area contributed by atoms with E-state index in [4.69, 9.17) is 9.47 Å². The summed E-state index contributed by atoms with van der Waals surface area (Å²) in [5.74, 6) is -3.00. The number of rotatable bonds is 13. The normalized spacial score (nSPS) is 14.1. The van der Waals surface area contributed by atoms with Crippen molar-refractivity contribution in [2.75, 3.05) is 24.7 Å². The van der Waals surface area contributed by atoms with Crippen LogP contribution in [0.15, 0.2) is 97.1 Å². The average molecular weight is 685 g/mol. The third kappa shape index (κ3) is 7.14. The maximum Gasteiger partial charge on any atom is 0.407 e. The molecular weight excluding hydrogens is 653 g/mol. The molecule has 48 heavy (non-hydrogen) atoms. The molecule has 6 rings (SSSR count). The number of fused-ring (bicyclic) bond motifs is 6. The van der Waals surface area contributed by atoms with Gasteiger partial charge in [-0.15, -0.1) is 0 Å². The van der Waals surface area contributed by atoms with Gasteiger partial charge in [0.15, 0.2) is 0 Å². The number of hydrogen-bond acceptors (Lipinski definition) is 8. The van der Waals surface area contributed by atoms with Crippen molar-refractivity contribution in [2.24, 2.45) is 0 Å². The number of aliphatic carboxylic acids is 2. The fraction of sp³-hybridized carbons (Fsp3) is 0.222. The molecule has 0 fully saturated rings. The summed E-state index contributed by atoms with van der Waals surface area (Å²) in [6, 6.07) is 29.0. The fourth-order valence-corrected chi connectivity index (χ4v) is 8.46. The topological polar surface area (TPSA) is 151 Å². The molecular formula is C36H32N2O8S2. The monoisotopic (exact) mass is 684 g/mol. The van der Waals surface area contributed by atoms with Gasteiger partial charge < -0.3 is 30.3 Å². The van der Waals surface area contributed by atoms with Crippen LogP contribution < -0.4 is 10.6 Å². The molecule has 4 N–H and O–H groups in total. The Hall–Kier alpha value is -4.94. The number of nitrogens with one attached hydrogen (secondary N) is 2. The maximum absolute atomic E-state index is 12.6. The van der Waals surface area contributed by atoms with Crippen LogP contribution >= 0.6 is 21.6 Å². The van der Waals surface area contributed by atoms with Gasteiger partial charge in [-0.1, -0.05) is 119 Å². The molecule has 4 aromatic rings. The van der Waals surface area contributed by atoms with Crippen LogP contribution in [0.25, 0.3) is 22.3 Å². The van der Waals surface area contributed by atoms with Gasteiger partial charge >= 0.3 is 24.1 Å². The van der Waals surface area contributed by atoms with Gasteiger partial charge in [-0.3, -0.25) is 0 Å². The zero-order valence-electron chi connectivity index (χ0n) is 25.5. The summed E-state index contributed by atoms with van der Waals surface area (Å²) >= 11 is 0. The quantitative estimate of drug-likeness (QED) is 0.0926. The molecule has 2 aliphatic rings. The second kappa shape index (κ2) is 14.9. The van der Waals surface area contributed by atoms with E-state index in [1.807, 2.05) is 97.1 Å². The van der Waals surface area contributed by atoms with Crippen molar-refractivity contribution in [2.45, 2.75) is 23.9 Å². The summed E-state index contributed by atoms with van der Waals surface area (Å²) in [5.41, 5.74) is 8.44.